The molecule has 0 aliphatic carbocycles. The van der Waals surface area contributed by atoms with Gasteiger partial charge in [0.05, 0.1) is 39.4 Å². The van der Waals surface area contributed by atoms with Crippen LogP contribution in [0.2, 0.25) is 0 Å². The van der Waals surface area contributed by atoms with Crippen LogP contribution in [0, 0.1) is 0 Å². The number of carbonyl (C=O) groups excluding carboxylic acids is 1. The second-order valence-corrected chi connectivity index (χ2v) is 6.44. The molecule has 1 amide bonds. The van der Waals surface area contributed by atoms with Crippen molar-refractivity contribution in [3.63, 3.8) is 0 Å². The van der Waals surface area contributed by atoms with Gasteiger partial charge in [-0.1, -0.05) is 6.07 Å². The molecule has 0 aromatic heterocycles. The molecule has 0 radical (unpaired) electrons. The zero-order chi connectivity index (χ0) is 20.0. The Kier molecular flexibility index (Phi) is 7.06. The van der Waals surface area contributed by atoms with Crippen molar-refractivity contribution in [2.24, 2.45) is 0 Å². The van der Waals surface area contributed by atoms with E-state index in [1.54, 1.807) is 36.4 Å². The van der Waals surface area contributed by atoms with Crippen LogP contribution in [-0.4, -0.2) is 38.3 Å². The second-order valence-electron chi connectivity index (χ2n) is 5.58. The van der Waals surface area contributed by atoms with Crippen molar-refractivity contribution in [1.82, 2.24) is 5.32 Å². The fraction of sp³-hybridized carbons (Fsp3) is 0.263. The molecule has 2 aromatic rings. The quantitative estimate of drug-likeness (QED) is 0.656. The number of carboxylic acid groups (broad SMARTS) is 1. The van der Waals surface area contributed by atoms with Crippen LogP contribution in [-0.2, 0) is 4.79 Å². The highest BCUT2D eigenvalue weighted by Gasteiger charge is 2.22. The number of amides is 1. The fourth-order valence-electron chi connectivity index (χ4n) is 2.54. The molecule has 0 spiro atoms. The first-order chi connectivity index (χ1) is 12.9. The maximum absolute atomic E-state index is 12.7. The largest absolute Gasteiger partial charge is 0.497 e. The summed E-state index contributed by atoms with van der Waals surface area (Å²) in [5, 5.41) is 12.0. The predicted octanol–water partition coefficient (Wildman–Crippen LogP) is 3.42. The van der Waals surface area contributed by atoms with Gasteiger partial charge < -0.3 is 24.6 Å². The van der Waals surface area contributed by atoms with Crippen molar-refractivity contribution in [3.8, 4) is 17.2 Å². The summed E-state index contributed by atoms with van der Waals surface area (Å²) in [4.78, 5) is 24.0. The third-order valence-electron chi connectivity index (χ3n) is 3.91. The number of hydrogen-bond donors (Lipinski definition) is 2. The van der Waals surface area contributed by atoms with E-state index < -0.39 is 17.9 Å². The Morgan fingerprint density at radius 3 is 2.33 bits per heavy atom. The van der Waals surface area contributed by atoms with E-state index >= 15 is 0 Å². The molecule has 0 bridgehead atoms. The standard InChI is InChI=1S/C19H20BrNO6/c1-25-12-5-6-14(20)13(9-12)19(24)21-15(10-18(22)23)11-4-7-16(26-2)17(8-11)27-3/h4-9,15H,10H2,1-3H3,(H,21,24)(H,22,23). The zero-order valence-corrected chi connectivity index (χ0v) is 16.7. The van der Waals surface area contributed by atoms with Crippen LogP contribution in [0.4, 0.5) is 0 Å². The van der Waals surface area contributed by atoms with Crippen LogP contribution in [0.25, 0.3) is 0 Å². The molecule has 0 aliphatic heterocycles. The highest BCUT2D eigenvalue weighted by molar-refractivity contribution is 9.10. The Hall–Kier alpha value is -2.74. The Balaban J connectivity index is 2.35. The molecule has 0 saturated carbocycles. The summed E-state index contributed by atoms with van der Waals surface area (Å²) in [6, 6.07) is 9.22. The highest BCUT2D eigenvalue weighted by Crippen LogP contribution is 2.31. The van der Waals surface area contributed by atoms with Crippen molar-refractivity contribution in [2.75, 3.05) is 21.3 Å². The first-order valence-corrected chi connectivity index (χ1v) is 8.77. The van der Waals surface area contributed by atoms with Gasteiger partial charge in [0, 0.05) is 4.47 Å². The summed E-state index contributed by atoms with van der Waals surface area (Å²) >= 11 is 3.33. The van der Waals surface area contributed by atoms with E-state index in [1.165, 1.54) is 21.3 Å². The van der Waals surface area contributed by atoms with Crippen molar-refractivity contribution in [2.45, 2.75) is 12.5 Å². The van der Waals surface area contributed by atoms with E-state index in [-0.39, 0.29) is 6.42 Å². The number of nitrogens with one attached hydrogen (secondary N) is 1. The summed E-state index contributed by atoms with van der Waals surface area (Å²) in [5.74, 6) is 0.00486. The van der Waals surface area contributed by atoms with Gasteiger partial charge in [0.15, 0.2) is 11.5 Å². The molecule has 0 heterocycles. The number of methoxy groups -OCH3 is 3. The molecule has 8 heteroatoms. The van der Waals surface area contributed by atoms with E-state index in [0.29, 0.717) is 32.8 Å². The zero-order valence-electron chi connectivity index (χ0n) is 15.1. The highest BCUT2D eigenvalue weighted by atomic mass is 79.9. The maximum Gasteiger partial charge on any atom is 0.305 e. The molecule has 2 rings (SSSR count). The summed E-state index contributed by atoms with van der Waals surface area (Å²) in [5.41, 5.74) is 0.924. The number of halogens is 1. The molecule has 2 aromatic carbocycles. The van der Waals surface area contributed by atoms with Gasteiger partial charge in [0.1, 0.15) is 5.75 Å². The van der Waals surface area contributed by atoms with E-state index in [2.05, 4.69) is 21.2 Å². The topological polar surface area (TPSA) is 94.1 Å². The lowest BCUT2D eigenvalue weighted by Gasteiger charge is -2.19. The Morgan fingerprint density at radius 1 is 1.04 bits per heavy atom. The van der Waals surface area contributed by atoms with E-state index in [0.717, 1.165) is 0 Å². The summed E-state index contributed by atoms with van der Waals surface area (Å²) < 4.78 is 16.2. The smallest absolute Gasteiger partial charge is 0.305 e. The molecular weight excluding hydrogens is 418 g/mol. The minimum atomic E-state index is -1.04. The number of rotatable bonds is 8. The minimum Gasteiger partial charge on any atom is -0.497 e. The monoisotopic (exact) mass is 437 g/mol. The lowest BCUT2D eigenvalue weighted by molar-refractivity contribution is -0.137. The third-order valence-corrected chi connectivity index (χ3v) is 4.60. The molecule has 1 unspecified atom stereocenters. The number of benzene rings is 2. The van der Waals surface area contributed by atoms with Crippen LogP contribution in [0.5, 0.6) is 17.2 Å². The molecular formula is C19H20BrNO6. The summed E-state index contributed by atoms with van der Waals surface area (Å²) in [7, 11) is 4.50. The third kappa shape index (κ3) is 5.13. The van der Waals surface area contributed by atoms with Gasteiger partial charge in [-0.2, -0.15) is 0 Å². The summed E-state index contributed by atoms with van der Waals surface area (Å²) in [6.07, 6.45) is -0.289. The Bertz CT molecular complexity index is 839. The lowest BCUT2D eigenvalue weighted by atomic mass is 10.0. The maximum atomic E-state index is 12.7. The van der Waals surface area contributed by atoms with Crippen LogP contribution in [0.15, 0.2) is 40.9 Å². The van der Waals surface area contributed by atoms with Crippen molar-refractivity contribution in [3.05, 3.63) is 52.0 Å². The van der Waals surface area contributed by atoms with Gasteiger partial charge in [0.2, 0.25) is 0 Å². The first kappa shape index (κ1) is 20.6. The molecule has 1 atom stereocenters. The van der Waals surface area contributed by atoms with Crippen molar-refractivity contribution >= 4 is 27.8 Å². The van der Waals surface area contributed by atoms with Crippen LogP contribution >= 0.6 is 15.9 Å². The van der Waals surface area contributed by atoms with Gasteiger partial charge in [-0.25, -0.2) is 0 Å². The average molecular weight is 438 g/mol. The number of carboxylic acids is 1. The normalized spacial score (nSPS) is 11.4. The first-order valence-electron chi connectivity index (χ1n) is 7.97. The Morgan fingerprint density at radius 2 is 1.74 bits per heavy atom. The van der Waals surface area contributed by atoms with Crippen molar-refractivity contribution < 1.29 is 28.9 Å². The van der Waals surface area contributed by atoms with Crippen LogP contribution < -0.4 is 19.5 Å². The number of ether oxygens (including phenoxy) is 3. The summed E-state index contributed by atoms with van der Waals surface area (Å²) in [6.45, 7) is 0. The lowest BCUT2D eigenvalue weighted by Crippen LogP contribution is -2.30. The molecule has 0 aliphatic rings. The molecule has 27 heavy (non-hydrogen) atoms. The van der Waals surface area contributed by atoms with E-state index in [1.807, 2.05) is 0 Å². The Labute approximate surface area is 165 Å². The molecule has 144 valence electrons. The SMILES string of the molecule is COc1ccc(Br)c(C(=O)NC(CC(=O)O)c2ccc(OC)c(OC)c2)c1. The van der Waals surface area contributed by atoms with Crippen molar-refractivity contribution in [1.29, 1.82) is 0 Å². The average Bonchev–Trinajstić information content (AvgIpc) is 2.66. The second kappa shape index (κ2) is 9.27. The van der Waals surface area contributed by atoms with E-state index in [4.69, 9.17) is 14.2 Å². The molecule has 0 saturated heterocycles. The van der Waals surface area contributed by atoms with E-state index in [9.17, 15) is 14.7 Å². The minimum absolute atomic E-state index is 0.289. The van der Waals surface area contributed by atoms with Gasteiger partial charge in [0.25, 0.3) is 5.91 Å². The molecule has 7 nitrogen and oxygen atoms in total. The predicted molar refractivity (Wildman–Crippen MR) is 103 cm³/mol. The van der Waals surface area contributed by atoms with Gasteiger partial charge in [-0.15, -0.1) is 0 Å². The fourth-order valence-corrected chi connectivity index (χ4v) is 2.96. The molecule has 0 fully saturated rings. The number of hydrogen-bond acceptors (Lipinski definition) is 5. The number of aliphatic carboxylic acids is 1. The van der Waals surface area contributed by atoms with Gasteiger partial charge in [-0.05, 0) is 51.8 Å². The van der Waals surface area contributed by atoms with Crippen LogP contribution in [0.1, 0.15) is 28.4 Å². The van der Waals surface area contributed by atoms with Gasteiger partial charge >= 0.3 is 5.97 Å². The van der Waals surface area contributed by atoms with Gasteiger partial charge in [-0.3, -0.25) is 9.59 Å². The molecule has 2 N–H and O–H groups in total. The van der Waals surface area contributed by atoms with Crippen LogP contribution in [0.3, 0.4) is 0 Å². The number of carbonyl (C=O) groups is 2.